The molecule has 0 unspecified atom stereocenters. The van der Waals surface area contributed by atoms with Crippen LogP contribution in [0, 0.1) is 25.1 Å². The fourth-order valence-corrected chi connectivity index (χ4v) is 0.605. The summed E-state index contributed by atoms with van der Waals surface area (Å²) >= 11 is 0. The highest BCUT2D eigenvalue weighted by molar-refractivity contribution is 5.10. The van der Waals surface area contributed by atoms with Gasteiger partial charge >= 0.3 is 0 Å². The van der Waals surface area contributed by atoms with Crippen LogP contribution in [0.4, 0.5) is 0 Å². The van der Waals surface area contributed by atoms with Crippen LogP contribution in [-0.4, -0.2) is 0 Å². The Hall–Kier alpha value is -1.05. The summed E-state index contributed by atoms with van der Waals surface area (Å²) in [6.07, 6.45) is 1.38. The van der Waals surface area contributed by atoms with Crippen LogP contribution in [-0.2, 0) is 0 Å². The van der Waals surface area contributed by atoms with E-state index in [1.165, 1.54) is 6.20 Å². The fourth-order valence-electron chi connectivity index (χ4n) is 0.605. The average molecular weight is 122 g/mol. The van der Waals surface area contributed by atoms with Crippen LogP contribution in [0.25, 0.3) is 0 Å². The lowest BCUT2D eigenvalue weighted by Gasteiger charge is -1.99. The zero-order valence-corrected chi connectivity index (χ0v) is 5.51. The number of pyridine rings is 1. The molecule has 1 heterocycles. The van der Waals surface area contributed by atoms with Crippen molar-refractivity contribution >= 4 is 0 Å². The molecule has 0 aliphatic carbocycles. The van der Waals surface area contributed by atoms with Gasteiger partial charge in [-0.05, 0) is 13.0 Å². The minimum Gasteiger partial charge on any atom is -0.618 e. The number of aromatic nitrogens is 1. The van der Waals surface area contributed by atoms with Crippen molar-refractivity contribution in [3.05, 3.63) is 34.8 Å². The van der Waals surface area contributed by atoms with Gasteiger partial charge in [-0.1, -0.05) is 0 Å². The minimum atomic E-state index is 0.744. The van der Waals surface area contributed by atoms with Crippen molar-refractivity contribution in [3.63, 3.8) is 0 Å². The zero-order chi connectivity index (χ0) is 6.85. The number of aryl methyl sites for hydroxylation is 1. The molecular weight excluding hydrogens is 114 g/mol. The molecule has 0 fully saturated rings. The van der Waals surface area contributed by atoms with Crippen molar-refractivity contribution in [3.8, 4) is 0 Å². The van der Waals surface area contributed by atoms with E-state index in [1.54, 1.807) is 13.0 Å². The predicted octanol–water partition coefficient (Wildman–Crippen LogP) is 0.737. The molecular formula is C7H8NO. The number of hydrogen-bond donors (Lipinski definition) is 0. The van der Waals surface area contributed by atoms with Gasteiger partial charge in [-0.2, -0.15) is 4.73 Å². The Bertz CT molecular complexity index is 200. The quantitative estimate of drug-likeness (QED) is 0.368. The van der Waals surface area contributed by atoms with E-state index in [0.29, 0.717) is 0 Å². The SMILES string of the molecule is Cc1c[c]c[n+]([O-])c1C. The monoisotopic (exact) mass is 122 g/mol. The third-order valence-electron chi connectivity index (χ3n) is 1.39. The van der Waals surface area contributed by atoms with Crippen LogP contribution in [0.5, 0.6) is 0 Å². The van der Waals surface area contributed by atoms with Gasteiger partial charge in [-0.3, -0.25) is 0 Å². The van der Waals surface area contributed by atoms with Crippen LogP contribution < -0.4 is 4.73 Å². The van der Waals surface area contributed by atoms with Gasteiger partial charge in [0.25, 0.3) is 0 Å². The molecule has 1 rings (SSSR count). The summed E-state index contributed by atoms with van der Waals surface area (Å²) in [5, 5.41) is 10.7. The third-order valence-corrected chi connectivity index (χ3v) is 1.39. The average Bonchev–Trinajstić information content (AvgIpc) is 1.83. The molecule has 0 saturated carbocycles. The van der Waals surface area contributed by atoms with Crippen LogP contribution in [0.2, 0.25) is 0 Å². The van der Waals surface area contributed by atoms with Gasteiger partial charge in [-0.15, -0.1) is 0 Å². The molecule has 2 heteroatoms. The Morgan fingerprint density at radius 1 is 1.56 bits per heavy atom. The second-order valence-electron chi connectivity index (χ2n) is 2.03. The predicted molar refractivity (Wildman–Crippen MR) is 33.7 cm³/mol. The summed E-state index contributed by atoms with van der Waals surface area (Å²) in [5.41, 5.74) is 1.72. The van der Waals surface area contributed by atoms with E-state index in [1.807, 2.05) is 6.92 Å². The number of hydrogen-bond acceptors (Lipinski definition) is 1. The highest BCUT2D eigenvalue weighted by Gasteiger charge is 1.98. The summed E-state index contributed by atoms with van der Waals surface area (Å²) in [5.74, 6) is 0. The van der Waals surface area contributed by atoms with Crippen molar-refractivity contribution in [2.24, 2.45) is 0 Å². The van der Waals surface area contributed by atoms with Gasteiger partial charge in [0.2, 0.25) is 0 Å². The first-order chi connectivity index (χ1) is 4.22. The number of rotatable bonds is 0. The Morgan fingerprint density at radius 2 is 2.22 bits per heavy atom. The van der Waals surface area contributed by atoms with Gasteiger partial charge in [0.15, 0.2) is 11.9 Å². The Morgan fingerprint density at radius 3 is 2.67 bits per heavy atom. The second-order valence-corrected chi connectivity index (χ2v) is 2.03. The first kappa shape index (κ1) is 6.08. The molecule has 0 aliphatic rings. The molecule has 0 bridgehead atoms. The molecule has 0 saturated heterocycles. The lowest BCUT2D eigenvalue weighted by atomic mass is 10.2. The van der Waals surface area contributed by atoms with Crippen LogP contribution in [0.15, 0.2) is 12.3 Å². The maximum Gasteiger partial charge on any atom is 0.192 e. The van der Waals surface area contributed by atoms with Gasteiger partial charge in [0.05, 0.1) is 6.07 Å². The molecule has 0 N–H and O–H groups in total. The lowest BCUT2D eigenvalue weighted by Crippen LogP contribution is -2.29. The molecule has 1 radical (unpaired) electrons. The highest BCUT2D eigenvalue weighted by atomic mass is 16.5. The Labute approximate surface area is 54.3 Å². The van der Waals surface area contributed by atoms with Crippen molar-refractivity contribution < 1.29 is 4.73 Å². The summed E-state index contributed by atoms with van der Waals surface area (Å²) in [6, 6.07) is 4.52. The molecule has 0 aliphatic heterocycles. The second kappa shape index (κ2) is 2.05. The first-order valence-electron chi connectivity index (χ1n) is 2.78. The van der Waals surface area contributed by atoms with E-state index < -0.39 is 0 Å². The van der Waals surface area contributed by atoms with E-state index in [9.17, 15) is 5.21 Å². The maximum absolute atomic E-state index is 10.7. The van der Waals surface area contributed by atoms with Crippen LogP contribution in [0.1, 0.15) is 11.3 Å². The molecule has 1 aromatic heterocycles. The lowest BCUT2D eigenvalue weighted by molar-refractivity contribution is -0.612. The van der Waals surface area contributed by atoms with E-state index in [0.717, 1.165) is 16.0 Å². The number of nitrogens with zero attached hydrogens (tertiary/aromatic N) is 1. The smallest absolute Gasteiger partial charge is 0.192 e. The largest absolute Gasteiger partial charge is 0.618 e. The van der Waals surface area contributed by atoms with E-state index in [-0.39, 0.29) is 0 Å². The van der Waals surface area contributed by atoms with Gasteiger partial charge in [0, 0.05) is 12.5 Å². The van der Waals surface area contributed by atoms with Crippen molar-refractivity contribution in [2.45, 2.75) is 13.8 Å². The third kappa shape index (κ3) is 1.02. The van der Waals surface area contributed by atoms with Crippen molar-refractivity contribution in [1.82, 2.24) is 0 Å². The summed E-state index contributed by atoms with van der Waals surface area (Å²) < 4.78 is 0.815. The highest BCUT2D eigenvalue weighted by Crippen LogP contribution is 1.96. The van der Waals surface area contributed by atoms with E-state index >= 15 is 0 Å². The first-order valence-corrected chi connectivity index (χ1v) is 2.78. The molecule has 0 spiro atoms. The normalized spacial score (nSPS) is 9.56. The maximum atomic E-state index is 10.7. The van der Waals surface area contributed by atoms with Crippen molar-refractivity contribution in [2.75, 3.05) is 0 Å². The molecule has 0 amide bonds. The minimum absolute atomic E-state index is 0.744. The Kier molecular flexibility index (Phi) is 1.39. The van der Waals surface area contributed by atoms with E-state index in [2.05, 4.69) is 6.07 Å². The Balaban J connectivity index is 3.25. The van der Waals surface area contributed by atoms with Gasteiger partial charge in [0.1, 0.15) is 0 Å². The molecule has 9 heavy (non-hydrogen) atoms. The topological polar surface area (TPSA) is 26.9 Å². The fraction of sp³-hybridized carbons (Fsp3) is 0.286. The van der Waals surface area contributed by atoms with Gasteiger partial charge < -0.3 is 5.21 Å². The van der Waals surface area contributed by atoms with Crippen molar-refractivity contribution in [1.29, 1.82) is 0 Å². The zero-order valence-electron chi connectivity index (χ0n) is 5.51. The molecule has 0 atom stereocenters. The summed E-state index contributed by atoms with van der Waals surface area (Å²) in [4.78, 5) is 0. The molecule has 47 valence electrons. The summed E-state index contributed by atoms with van der Waals surface area (Å²) in [7, 11) is 0. The van der Waals surface area contributed by atoms with Crippen LogP contribution in [0.3, 0.4) is 0 Å². The van der Waals surface area contributed by atoms with Crippen LogP contribution >= 0.6 is 0 Å². The molecule has 2 nitrogen and oxygen atoms in total. The molecule has 1 aromatic rings. The van der Waals surface area contributed by atoms with Gasteiger partial charge in [-0.25, -0.2) is 0 Å². The standard InChI is InChI=1S/C7H8NO/c1-6-4-3-5-8(9)7(6)2/h4-5H,1-2H3. The summed E-state index contributed by atoms with van der Waals surface area (Å²) in [6.45, 7) is 3.68. The van der Waals surface area contributed by atoms with E-state index in [4.69, 9.17) is 0 Å². The molecule has 0 aromatic carbocycles.